The van der Waals surface area contributed by atoms with Crippen molar-refractivity contribution in [1.29, 1.82) is 0 Å². The van der Waals surface area contributed by atoms with E-state index in [0.717, 1.165) is 54.9 Å². The smallest absolute Gasteiger partial charge is 0.407 e. The van der Waals surface area contributed by atoms with Crippen LogP contribution in [0.1, 0.15) is 42.0 Å². The molecule has 7 rings (SSSR count). The van der Waals surface area contributed by atoms with Crippen molar-refractivity contribution in [3.05, 3.63) is 119 Å². The predicted molar refractivity (Wildman–Crippen MR) is 187 cm³/mol. The van der Waals surface area contributed by atoms with Gasteiger partial charge in [-0.3, -0.25) is 9.59 Å². The molecule has 0 unspecified atom stereocenters. The fourth-order valence-electron chi connectivity index (χ4n) is 7.23. The van der Waals surface area contributed by atoms with Crippen LogP contribution in [0.15, 0.2) is 97.1 Å². The quantitative estimate of drug-likeness (QED) is 0.149. The summed E-state index contributed by atoms with van der Waals surface area (Å²) in [5.74, 6) is -1.81. The van der Waals surface area contributed by atoms with E-state index in [9.17, 15) is 19.2 Å². The molecule has 9 heteroatoms. The average Bonchev–Trinajstić information content (AvgIpc) is 3.63. The Morgan fingerprint density at radius 1 is 0.714 bits per heavy atom. The number of carbonyl (C=O) groups excluding carboxylic acids is 4. The van der Waals surface area contributed by atoms with Gasteiger partial charge in [-0.2, -0.15) is 0 Å². The molecule has 5 aromatic carbocycles. The number of carbonyl (C=O) groups is 4. The Morgan fingerprint density at radius 2 is 1.24 bits per heavy atom. The molecule has 2 aliphatic rings. The van der Waals surface area contributed by atoms with E-state index in [1.807, 2.05) is 48.5 Å². The van der Waals surface area contributed by atoms with Crippen LogP contribution in [0.2, 0.25) is 0 Å². The Bertz CT molecular complexity index is 2030. The van der Waals surface area contributed by atoms with Crippen molar-refractivity contribution in [3.63, 3.8) is 0 Å². The lowest BCUT2D eigenvalue weighted by atomic mass is 9.93. The molecule has 0 aromatic heterocycles. The summed E-state index contributed by atoms with van der Waals surface area (Å²) in [4.78, 5) is 52.9. The molecular formula is C40H37N3O6. The minimum Gasteiger partial charge on any atom is -0.467 e. The molecule has 9 nitrogen and oxygen atoms in total. The second kappa shape index (κ2) is 12.7. The van der Waals surface area contributed by atoms with Crippen molar-refractivity contribution in [2.24, 2.45) is 0 Å². The van der Waals surface area contributed by atoms with Gasteiger partial charge in [0.05, 0.1) is 7.11 Å². The minimum absolute atomic E-state index is 0.101. The second-order valence-electron chi connectivity index (χ2n) is 13.0. The number of nitrogens with one attached hydrogen (secondary N) is 3. The van der Waals surface area contributed by atoms with Gasteiger partial charge >= 0.3 is 12.1 Å². The third-order valence-corrected chi connectivity index (χ3v) is 9.78. The second-order valence-corrected chi connectivity index (χ2v) is 13.0. The molecule has 49 heavy (non-hydrogen) atoms. The number of fused-ring (bicyclic) bond motifs is 6. The van der Waals surface area contributed by atoms with Gasteiger partial charge in [-0.1, -0.05) is 84.9 Å². The van der Waals surface area contributed by atoms with Crippen molar-refractivity contribution in [2.75, 3.05) is 13.7 Å². The standard InChI is InChI=1S/C40H37N3O6/c1-23(42-39(47)49-22-35-33-14-8-6-12-31(33)32-13-7-9-15-34(32)35)36(44)43-40(38(46)41-24(2)37(45)48-3)20-29-18-27-16-25-10-4-5-11-26(25)17-28(27)19-30(29)21-40/h4-19,23-24,35H,20-22H2,1-3H3,(H,41,46)(H,42,47)(H,43,44)/t23-,24-/m0/s1. The normalized spacial score (nSPS) is 15.4. The van der Waals surface area contributed by atoms with Gasteiger partial charge in [0.2, 0.25) is 11.8 Å². The van der Waals surface area contributed by atoms with Gasteiger partial charge < -0.3 is 25.4 Å². The summed E-state index contributed by atoms with van der Waals surface area (Å²) in [6.07, 6.45) is -0.335. The lowest BCUT2D eigenvalue weighted by molar-refractivity contribution is -0.145. The van der Waals surface area contributed by atoms with E-state index in [2.05, 4.69) is 64.5 Å². The van der Waals surface area contributed by atoms with Gasteiger partial charge in [0.15, 0.2) is 0 Å². The monoisotopic (exact) mass is 655 g/mol. The van der Waals surface area contributed by atoms with Crippen LogP contribution in [0.5, 0.6) is 0 Å². The van der Waals surface area contributed by atoms with E-state index >= 15 is 0 Å². The van der Waals surface area contributed by atoms with Gasteiger partial charge in [-0.15, -0.1) is 0 Å². The molecule has 0 saturated heterocycles. The molecule has 2 aliphatic carbocycles. The van der Waals surface area contributed by atoms with Gasteiger partial charge in [-0.25, -0.2) is 9.59 Å². The number of amides is 3. The van der Waals surface area contributed by atoms with E-state index in [1.165, 1.54) is 14.0 Å². The number of rotatable bonds is 8. The van der Waals surface area contributed by atoms with Crippen LogP contribution in [0, 0.1) is 0 Å². The number of hydrogen-bond donors (Lipinski definition) is 3. The van der Waals surface area contributed by atoms with Crippen LogP contribution in [0.3, 0.4) is 0 Å². The van der Waals surface area contributed by atoms with E-state index < -0.39 is 41.5 Å². The zero-order valence-electron chi connectivity index (χ0n) is 27.5. The largest absolute Gasteiger partial charge is 0.467 e. The topological polar surface area (TPSA) is 123 Å². The van der Waals surface area contributed by atoms with E-state index in [4.69, 9.17) is 9.47 Å². The molecule has 5 aromatic rings. The Hall–Kier alpha value is -5.70. The molecule has 0 radical (unpaired) electrons. The van der Waals surface area contributed by atoms with Crippen LogP contribution in [0.4, 0.5) is 4.79 Å². The van der Waals surface area contributed by atoms with E-state index in [1.54, 1.807) is 6.92 Å². The highest BCUT2D eigenvalue weighted by molar-refractivity contribution is 6.01. The Balaban J connectivity index is 1.08. The van der Waals surface area contributed by atoms with Gasteiger partial charge in [0.1, 0.15) is 24.2 Å². The van der Waals surface area contributed by atoms with Gasteiger partial charge in [0, 0.05) is 18.8 Å². The summed E-state index contributed by atoms with van der Waals surface area (Å²) >= 11 is 0. The first kappa shape index (κ1) is 31.9. The van der Waals surface area contributed by atoms with E-state index in [-0.39, 0.29) is 25.4 Å². The van der Waals surface area contributed by atoms with Gasteiger partial charge in [0.25, 0.3) is 0 Å². The third-order valence-electron chi connectivity index (χ3n) is 9.78. The fourth-order valence-corrected chi connectivity index (χ4v) is 7.23. The third kappa shape index (κ3) is 5.97. The maximum atomic E-state index is 13.9. The first-order chi connectivity index (χ1) is 23.7. The van der Waals surface area contributed by atoms with Crippen LogP contribution >= 0.6 is 0 Å². The molecule has 0 spiro atoms. The first-order valence-electron chi connectivity index (χ1n) is 16.4. The molecular weight excluding hydrogens is 618 g/mol. The highest BCUT2D eigenvalue weighted by Crippen LogP contribution is 2.44. The van der Waals surface area contributed by atoms with Crippen LogP contribution in [-0.4, -0.2) is 55.2 Å². The summed E-state index contributed by atoms with van der Waals surface area (Å²) in [7, 11) is 1.25. The molecule has 3 N–H and O–H groups in total. The zero-order valence-corrected chi connectivity index (χ0v) is 27.5. The number of alkyl carbamates (subject to hydrolysis) is 1. The lowest BCUT2D eigenvalue weighted by Gasteiger charge is -2.31. The number of benzene rings is 5. The number of hydrogen-bond acceptors (Lipinski definition) is 6. The summed E-state index contributed by atoms with van der Waals surface area (Å²) in [6.45, 7) is 3.17. The van der Waals surface area contributed by atoms with Crippen molar-refractivity contribution in [1.82, 2.24) is 16.0 Å². The summed E-state index contributed by atoms with van der Waals surface area (Å²) < 4.78 is 10.5. The molecule has 0 saturated carbocycles. The maximum absolute atomic E-state index is 13.9. The number of esters is 1. The Kier molecular flexibility index (Phi) is 8.28. The van der Waals surface area contributed by atoms with Crippen LogP contribution < -0.4 is 16.0 Å². The Morgan fingerprint density at radius 3 is 1.80 bits per heavy atom. The number of ether oxygens (including phenoxy) is 2. The maximum Gasteiger partial charge on any atom is 0.407 e. The van der Waals surface area contributed by atoms with Crippen molar-refractivity contribution in [3.8, 4) is 11.1 Å². The summed E-state index contributed by atoms with van der Waals surface area (Å²) in [6, 6.07) is 30.6. The highest BCUT2D eigenvalue weighted by Gasteiger charge is 2.46. The van der Waals surface area contributed by atoms with E-state index in [0.29, 0.717) is 0 Å². The van der Waals surface area contributed by atoms with Crippen LogP contribution in [0.25, 0.3) is 32.7 Å². The molecule has 0 fully saturated rings. The van der Waals surface area contributed by atoms with Crippen molar-refractivity contribution < 1.29 is 28.7 Å². The molecule has 0 bridgehead atoms. The van der Waals surface area contributed by atoms with Gasteiger partial charge in [-0.05, 0) is 80.9 Å². The fraction of sp³-hybridized carbons (Fsp3) is 0.250. The Labute approximate surface area is 284 Å². The zero-order chi connectivity index (χ0) is 34.3. The number of methoxy groups -OCH3 is 1. The highest BCUT2D eigenvalue weighted by atomic mass is 16.5. The minimum atomic E-state index is -1.41. The van der Waals surface area contributed by atoms with Crippen LogP contribution in [-0.2, 0) is 36.7 Å². The SMILES string of the molecule is COC(=O)[C@H](C)NC(=O)C1(NC(=O)[C@H](C)NC(=O)OCC2c3ccccc3-c3ccccc32)Cc2cc3cc4ccccc4cc3cc2C1. The van der Waals surface area contributed by atoms with Crippen molar-refractivity contribution in [2.45, 2.75) is 50.2 Å². The molecule has 0 heterocycles. The summed E-state index contributed by atoms with van der Waals surface area (Å²) in [5, 5.41) is 12.6. The van der Waals surface area contributed by atoms with Crippen molar-refractivity contribution >= 4 is 45.4 Å². The first-order valence-corrected chi connectivity index (χ1v) is 16.4. The predicted octanol–water partition coefficient (Wildman–Crippen LogP) is 5.55. The molecule has 248 valence electrons. The average molecular weight is 656 g/mol. The lowest BCUT2D eigenvalue weighted by Crippen LogP contribution is -2.64. The molecule has 3 amide bonds. The molecule has 0 aliphatic heterocycles. The molecule has 2 atom stereocenters. The summed E-state index contributed by atoms with van der Waals surface area (Å²) in [5.41, 5.74) is 4.82.